The van der Waals surface area contributed by atoms with Gasteiger partial charge in [-0.3, -0.25) is 9.59 Å². The number of benzene rings is 1. The molecule has 1 fully saturated rings. The standard InChI is InChI=1S/C21H28F3N3O5/c1-5-31-16-12-27(19(30)32-20(2,3)4)11-15(16)26-17(28)10-25-18(29)13-7-6-8-14(9-13)21(22,23)24/h6-9,15-16H,5,10-12H2,1-4H3,(H,25,29)(H,26,28)/t15-,16?/m0/s1. The molecule has 8 nitrogen and oxygen atoms in total. The van der Waals surface area contributed by atoms with Gasteiger partial charge in [-0.05, 0) is 45.9 Å². The zero-order valence-corrected chi connectivity index (χ0v) is 18.4. The second kappa shape index (κ2) is 10.2. The number of alkyl halides is 3. The minimum Gasteiger partial charge on any atom is -0.444 e. The number of hydrogen-bond acceptors (Lipinski definition) is 5. The Kier molecular flexibility index (Phi) is 8.11. The van der Waals surface area contributed by atoms with E-state index in [0.29, 0.717) is 12.7 Å². The van der Waals surface area contributed by atoms with Gasteiger partial charge in [0, 0.05) is 18.7 Å². The third-order valence-electron chi connectivity index (χ3n) is 4.51. The van der Waals surface area contributed by atoms with Crippen LogP contribution in [-0.2, 0) is 20.4 Å². The SMILES string of the molecule is CCOC1CN(C(=O)OC(C)(C)C)C[C@@H]1NC(=O)CNC(=O)c1cccc(C(F)(F)F)c1. The topological polar surface area (TPSA) is 97.0 Å². The lowest BCUT2D eigenvalue weighted by molar-refractivity contribution is -0.137. The summed E-state index contributed by atoms with van der Waals surface area (Å²) in [5.41, 5.74) is -1.84. The van der Waals surface area contributed by atoms with Crippen LogP contribution in [0.25, 0.3) is 0 Å². The Bertz CT molecular complexity index is 839. The van der Waals surface area contributed by atoms with Crippen molar-refractivity contribution in [3.63, 3.8) is 0 Å². The van der Waals surface area contributed by atoms with Gasteiger partial charge in [-0.1, -0.05) is 6.07 Å². The molecule has 0 spiro atoms. The van der Waals surface area contributed by atoms with Gasteiger partial charge >= 0.3 is 12.3 Å². The van der Waals surface area contributed by atoms with Crippen LogP contribution in [0.2, 0.25) is 0 Å². The molecule has 0 bridgehead atoms. The predicted octanol–water partition coefficient (Wildman–Crippen LogP) is 2.58. The van der Waals surface area contributed by atoms with E-state index in [1.807, 2.05) is 0 Å². The molecule has 1 saturated heterocycles. The molecule has 1 aromatic carbocycles. The van der Waals surface area contributed by atoms with E-state index in [1.54, 1.807) is 27.7 Å². The molecule has 2 rings (SSSR count). The summed E-state index contributed by atoms with van der Waals surface area (Å²) >= 11 is 0. The first-order valence-electron chi connectivity index (χ1n) is 10.1. The summed E-state index contributed by atoms with van der Waals surface area (Å²) in [7, 11) is 0. The average molecular weight is 459 g/mol. The normalized spacial score (nSPS) is 18.9. The summed E-state index contributed by atoms with van der Waals surface area (Å²) < 4.78 is 49.4. The Labute approximate surface area is 184 Å². The van der Waals surface area contributed by atoms with E-state index < -0.39 is 53.9 Å². The molecule has 0 aromatic heterocycles. The van der Waals surface area contributed by atoms with E-state index >= 15 is 0 Å². The van der Waals surface area contributed by atoms with E-state index in [-0.39, 0.29) is 18.7 Å². The van der Waals surface area contributed by atoms with E-state index in [1.165, 1.54) is 11.0 Å². The summed E-state index contributed by atoms with van der Waals surface area (Å²) in [6.45, 7) is 7.32. The van der Waals surface area contributed by atoms with Crippen LogP contribution in [0.15, 0.2) is 24.3 Å². The Hall–Kier alpha value is -2.82. The first-order chi connectivity index (χ1) is 14.8. The molecule has 32 heavy (non-hydrogen) atoms. The molecule has 1 heterocycles. The second-order valence-corrected chi connectivity index (χ2v) is 8.31. The fourth-order valence-corrected chi connectivity index (χ4v) is 3.13. The third kappa shape index (κ3) is 7.40. The van der Waals surface area contributed by atoms with Crippen LogP contribution >= 0.6 is 0 Å². The molecule has 1 unspecified atom stereocenters. The maximum atomic E-state index is 12.8. The Balaban J connectivity index is 1.93. The lowest BCUT2D eigenvalue weighted by Crippen LogP contribution is -2.47. The molecule has 0 radical (unpaired) electrons. The van der Waals surface area contributed by atoms with Crippen molar-refractivity contribution in [1.29, 1.82) is 0 Å². The zero-order chi connectivity index (χ0) is 24.1. The molecular weight excluding hydrogens is 431 g/mol. The number of nitrogens with one attached hydrogen (secondary N) is 2. The van der Waals surface area contributed by atoms with Crippen molar-refractivity contribution in [2.75, 3.05) is 26.2 Å². The first-order valence-corrected chi connectivity index (χ1v) is 10.1. The molecule has 1 aromatic rings. The summed E-state index contributed by atoms with van der Waals surface area (Å²) in [6, 6.07) is 3.39. The Morgan fingerprint density at radius 2 is 1.84 bits per heavy atom. The Morgan fingerprint density at radius 1 is 1.16 bits per heavy atom. The number of carbonyl (C=O) groups is 3. The van der Waals surface area contributed by atoms with Crippen molar-refractivity contribution in [3.8, 4) is 0 Å². The van der Waals surface area contributed by atoms with Crippen LogP contribution in [0.1, 0.15) is 43.6 Å². The number of rotatable bonds is 6. The Morgan fingerprint density at radius 3 is 2.44 bits per heavy atom. The number of amides is 3. The van der Waals surface area contributed by atoms with Gasteiger partial charge in [-0.2, -0.15) is 13.2 Å². The van der Waals surface area contributed by atoms with Gasteiger partial charge < -0.3 is 25.0 Å². The number of likely N-dealkylation sites (tertiary alicyclic amines) is 1. The smallest absolute Gasteiger partial charge is 0.416 e. The molecule has 1 aliphatic rings. The molecule has 11 heteroatoms. The summed E-state index contributed by atoms with van der Waals surface area (Å²) in [5, 5.41) is 4.99. The molecule has 2 atom stereocenters. The molecule has 3 amide bonds. The highest BCUT2D eigenvalue weighted by atomic mass is 19.4. The quantitative estimate of drug-likeness (QED) is 0.682. The van der Waals surface area contributed by atoms with E-state index in [9.17, 15) is 27.6 Å². The van der Waals surface area contributed by atoms with Crippen LogP contribution < -0.4 is 10.6 Å². The van der Waals surface area contributed by atoms with Crippen molar-refractivity contribution in [1.82, 2.24) is 15.5 Å². The number of hydrogen-bond donors (Lipinski definition) is 2. The molecule has 2 N–H and O–H groups in total. The van der Waals surface area contributed by atoms with Gasteiger partial charge in [0.25, 0.3) is 5.91 Å². The van der Waals surface area contributed by atoms with Crippen LogP contribution in [-0.4, -0.2) is 66.8 Å². The van der Waals surface area contributed by atoms with E-state index in [4.69, 9.17) is 9.47 Å². The monoisotopic (exact) mass is 459 g/mol. The highest BCUT2D eigenvalue weighted by Crippen LogP contribution is 2.29. The summed E-state index contributed by atoms with van der Waals surface area (Å²) in [4.78, 5) is 38.2. The second-order valence-electron chi connectivity index (χ2n) is 8.31. The molecule has 178 valence electrons. The summed E-state index contributed by atoms with van der Waals surface area (Å²) in [5.74, 6) is -1.37. The zero-order valence-electron chi connectivity index (χ0n) is 18.4. The third-order valence-corrected chi connectivity index (χ3v) is 4.51. The van der Waals surface area contributed by atoms with Crippen molar-refractivity contribution < 1.29 is 37.0 Å². The molecular formula is C21H28F3N3O5. The average Bonchev–Trinajstić information content (AvgIpc) is 3.07. The van der Waals surface area contributed by atoms with Gasteiger partial charge in [0.15, 0.2) is 0 Å². The molecule has 1 aliphatic heterocycles. The largest absolute Gasteiger partial charge is 0.444 e. The van der Waals surface area contributed by atoms with Crippen molar-refractivity contribution in [2.24, 2.45) is 0 Å². The fourth-order valence-electron chi connectivity index (χ4n) is 3.13. The van der Waals surface area contributed by atoms with E-state index in [0.717, 1.165) is 12.1 Å². The lowest BCUT2D eigenvalue weighted by Gasteiger charge is -2.24. The minimum atomic E-state index is -4.58. The van der Waals surface area contributed by atoms with E-state index in [2.05, 4.69) is 10.6 Å². The molecule has 0 saturated carbocycles. The fraction of sp³-hybridized carbons (Fsp3) is 0.571. The number of carbonyl (C=O) groups excluding carboxylic acids is 3. The van der Waals surface area contributed by atoms with Crippen molar-refractivity contribution in [2.45, 2.75) is 51.6 Å². The maximum absolute atomic E-state index is 12.8. The highest BCUT2D eigenvalue weighted by molar-refractivity contribution is 5.96. The highest BCUT2D eigenvalue weighted by Gasteiger charge is 2.38. The number of halogens is 3. The van der Waals surface area contributed by atoms with Crippen LogP contribution in [0, 0.1) is 0 Å². The number of nitrogens with zero attached hydrogens (tertiary/aromatic N) is 1. The van der Waals surface area contributed by atoms with Crippen LogP contribution in [0.3, 0.4) is 0 Å². The van der Waals surface area contributed by atoms with Crippen molar-refractivity contribution in [3.05, 3.63) is 35.4 Å². The predicted molar refractivity (Wildman–Crippen MR) is 109 cm³/mol. The van der Waals surface area contributed by atoms with Gasteiger partial charge in [-0.25, -0.2) is 4.79 Å². The van der Waals surface area contributed by atoms with Gasteiger partial charge in [0.05, 0.1) is 30.8 Å². The molecule has 0 aliphatic carbocycles. The van der Waals surface area contributed by atoms with Gasteiger partial charge in [0.1, 0.15) is 5.60 Å². The van der Waals surface area contributed by atoms with Crippen LogP contribution in [0.5, 0.6) is 0 Å². The van der Waals surface area contributed by atoms with Crippen molar-refractivity contribution >= 4 is 17.9 Å². The lowest BCUT2D eigenvalue weighted by atomic mass is 10.1. The van der Waals surface area contributed by atoms with Gasteiger partial charge in [0.2, 0.25) is 5.91 Å². The number of ether oxygens (including phenoxy) is 2. The van der Waals surface area contributed by atoms with Crippen LogP contribution in [0.4, 0.5) is 18.0 Å². The first kappa shape index (κ1) is 25.4. The maximum Gasteiger partial charge on any atom is 0.416 e. The summed E-state index contributed by atoms with van der Waals surface area (Å²) in [6.07, 6.45) is -5.57. The minimum absolute atomic E-state index is 0.160. The van der Waals surface area contributed by atoms with Gasteiger partial charge in [-0.15, -0.1) is 0 Å².